The van der Waals surface area contributed by atoms with E-state index in [0.29, 0.717) is 17.7 Å². The maximum absolute atomic E-state index is 12.3. The third-order valence-electron chi connectivity index (χ3n) is 3.81. The van der Waals surface area contributed by atoms with Crippen LogP contribution in [0.3, 0.4) is 0 Å². The lowest BCUT2D eigenvalue weighted by Gasteiger charge is -2.29. The molecule has 1 aromatic rings. The van der Waals surface area contributed by atoms with Crippen LogP contribution in [0.2, 0.25) is 0 Å². The standard InChI is InChI=1S/C13H19N3O2/c17-13(12-5-8-15-18-12)16(11-1-2-11)9-10-3-6-14-7-4-10/h5,8,10-11,14H,1-4,6-7,9H2. The van der Waals surface area contributed by atoms with Crippen molar-refractivity contribution in [1.82, 2.24) is 15.4 Å². The second-order valence-corrected chi connectivity index (χ2v) is 5.26. The molecule has 1 amide bonds. The first-order chi connectivity index (χ1) is 8.84. The first-order valence-electron chi connectivity index (χ1n) is 6.77. The van der Waals surface area contributed by atoms with Gasteiger partial charge < -0.3 is 14.7 Å². The molecule has 5 nitrogen and oxygen atoms in total. The maximum Gasteiger partial charge on any atom is 0.292 e. The molecule has 1 aliphatic heterocycles. The van der Waals surface area contributed by atoms with Crippen LogP contribution in [-0.4, -0.2) is 41.6 Å². The van der Waals surface area contributed by atoms with Crippen LogP contribution in [0.1, 0.15) is 36.2 Å². The summed E-state index contributed by atoms with van der Waals surface area (Å²) in [5, 5.41) is 6.98. The Morgan fingerprint density at radius 3 is 2.78 bits per heavy atom. The van der Waals surface area contributed by atoms with Gasteiger partial charge in [0.25, 0.3) is 5.91 Å². The van der Waals surface area contributed by atoms with Crippen LogP contribution < -0.4 is 5.32 Å². The Morgan fingerprint density at radius 2 is 2.17 bits per heavy atom. The van der Waals surface area contributed by atoms with Crippen LogP contribution in [0, 0.1) is 5.92 Å². The Kier molecular flexibility index (Phi) is 3.32. The first kappa shape index (κ1) is 11.7. The Hall–Kier alpha value is -1.36. The lowest BCUT2D eigenvalue weighted by atomic mass is 9.97. The van der Waals surface area contributed by atoms with Gasteiger partial charge in [0.05, 0.1) is 6.20 Å². The predicted octanol–water partition coefficient (Wildman–Crippen LogP) is 1.28. The molecule has 2 fully saturated rings. The van der Waals surface area contributed by atoms with Gasteiger partial charge in [-0.05, 0) is 44.7 Å². The molecule has 1 N–H and O–H groups in total. The molecule has 0 spiro atoms. The summed E-state index contributed by atoms with van der Waals surface area (Å²) in [6.45, 7) is 3.01. The average Bonchev–Trinajstić information content (AvgIpc) is 3.10. The molecule has 0 bridgehead atoms. The summed E-state index contributed by atoms with van der Waals surface area (Å²) < 4.78 is 4.99. The van der Waals surface area contributed by atoms with E-state index in [9.17, 15) is 4.79 Å². The van der Waals surface area contributed by atoms with Crippen molar-refractivity contribution >= 4 is 5.91 Å². The molecule has 18 heavy (non-hydrogen) atoms. The van der Waals surface area contributed by atoms with Crippen LogP contribution in [0.25, 0.3) is 0 Å². The Balaban J connectivity index is 1.66. The van der Waals surface area contributed by atoms with Crippen molar-refractivity contribution in [3.05, 3.63) is 18.0 Å². The highest BCUT2D eigenvalue weighted by Crippen LogP contribution is 2.30. The van der Waals surface area contributed by atoms with Crippen molar-refractivity contribution in [3.63, 3.8) is 0 Å². The molecule has 5 heteroatoms. The zero-order chi connectivity index (χ0) is 12.4. The topological polar surface area (TPSA) is 58.4 Å². The third-order valence-corrected chi connectivity index (χ3v) is 3.81. The van der Waals surface area contributed by atoms with Crippen molar-refractivity contribution in [2.75, 3.05) is 19.6 Å². The zero-order valence-corrected chi connectivity index (χ0v) is 10.5. The van der Waals surface area contributed by atoms with E-state index in [1.807, 2.05) is 4.90 Å². The van der Waals surface area contributed by atoms with E-state index in [0.717, 1.165) is 45.3 Å². The van der Waals surface area contributed by atoms with Crippen LogP contribution in [0.15, 0.2) is 16.8 Å². The van der Waals surface area contributed by atoms with Crippen LogP contribution in [0.4, 0.5) is 0 Å². The highest BCUT2D eigenvalue weighted by Gasteiger charge is 2.35. The number of nitrogens with one attached hydrogen (secondary N) is 1. The molecule has 1 aliphatic carbocycles. The molecule has 0 atom stereocenters. The van der Waals surface area contributed by atoms with Crippen LogP contribution in [0.5, 0.6) is 0 Å². The summed E-state index contributed by atoms with van der Waals surface area (Å²) >= 11 is 0. The monoisotopic (exact) mass is 249 g/mol. The molecule has 3 rings (SSSR count). The van der Waals surface area contributed by atoms with E-state index in [2.05, 4.69) is 10.5 Å². The summed E-state index contributed by atoms with van der Waals surface area (Å²) in [4.78, 5) is 14.3. The predicted molar refractivity (Wildman–Crippen MR) is 66.2 cm³/mol. The lowest BCUT2D eigenvalue weighted by molar-refractivity contribution is 0.0659. The second kappa shape index (κ2) is 5.10. The number of aromatic nitrogens is 1. The van der Waals surface area contributed by atoms with Crippen molar-refractivity contribution in [2.45, 2.75) is 31.7 Å². The van der Waals surface area contributed by atoms with Crippen molar-refractivity contribution < 1.29 is 9.32 Å². The SMILES string of the molecule is O=C(c1ccno1)N(CC1CCNCC1)C1CC1. The number of carbonyl (C=O) groups is 1. The number of carbonyl (C=O) groups excluding carboxylic acids is 1. The van der Waals surface area contributed by atoms with E-state index < -0.39 is 0 Å². The van der Waals surface area contributed by atoms with Gasteiger partial charge >= 0.3 is 0 Å². The molecule has 98 valence electrons. The molecular formula is C13H19N3O2. The van der Waals surface area contributed by atoms with E-state index >= 15 is 0 Å². The molecule has 0 unspecified atom stereocenters. The number of amides is 1. The second-order valence-electron chi connectivity index (χ2n) is 5.26. The molecule has 1 saturated heterocycles. The highest BCUT2D eigenvalue weighted by atomic mass is 16.5. The summed E-state index contributed by atoms with van der Waals surface area (Å²) in [5.74, 6) is 1.00. The normalized spacial score (nSPS) is 20.9. The molecule has 0 radical (unpaired) electrons. The molecule has 2 heterocycles. The fourth-order valence-corrected chi connectivity index (χ4v) is 2.59. The summed E-state index contributed by atoms with van der Waals surface area (Å²) in [6.07, 6.45) is 6.11. The molecule has 2 aliphatic rings. The number of hydrogen-bond acceptors (Lipinski definition) is 4. The van der Waals surface area contributed by atoms with Crippen molar-refractivity contribution in [3.8, 4) is 0 Å². The Morgan fingerprint density at radius 1 is 1.39 bits per heavy atom. The van der Waals surface area contributed by atoms with Crippen LogP contribution in [-0.2, 0) is 0 Å². The summed E-state index contributed by atoms with van der Waals surface area (Å²) in [5.41, 5.74) is 0. The minimum atomic E-state index is 0.00790. The van der Waals surface area contributed by atoms with Gasteiger partial charge in [-0.3, -0.25) is 4.79 Å². The minimum absolute atomic E-state index is 0.00790. The zero-order valence-electron chi connectivity index (χ0n) is 10.5. The van der Waals surface area contributed by atoms with Gasteiger partial charge in [0.1, 0.15) is 0 Å². The van der Waals surface area contributed by atoms with Crippen LogP contribution >= 0.6 is 0 Å². The van der Waals surface area contributed by atoms with Crippen molar-refractivity contribution in [2.24, 2.45) is 5.92 Å². The van der Waals surface area contributed by atoms with E-state index in [4.69, 9.17) is 4.52 Å². The third kappa shape index (κ3) is 2.56. The average molecular weight is 249 g/mol. The van der Waals surface area contributed by atoms with E-state index in [-0.39, 0.29) is 5.91 Å². The number of hydrogen-bond donors (Lipinski definition) is 1. The Labute approximate surface area is 107 Å². The molecule has 1 saturated carbocycles. The first-order valence-corrected chi connectivity index (χ1v) is 6.77. The van der Waals surface area contributed by atoms with Gasteiger partial charge in [-0.1, -0.05) is 5.16 Å². The van der Waals surface area contributed by atoms with Gasteiger partial charge in [-0.25, -0.2) is 0 Å². The quantitative estimate of drug-likeness (QED) is 0.873. The summed E-state index contributed by atoms with van der Waals surface area (Å²) in [6, 6.07) is 2.08. The van der Waals surface area contributed by atoms with Gasteiger partial charge in [0, 0.05) is 18.7 Å². The smallest absolute Gasteiger partial charge is 0.292 e. The molecular weight excluding hydrogens is 230 g/mol. The van der Waals surface area contributed by atoms with Gasteiger partial charge in [0.2, 0.25) is 5.76 Å². The highest BCUT2D eigenvalue weighted by molar-refractivity contribution is 5.91. The largest absolute Gasteiger partial charge is 0.351 e. The summed E-state index contributed by atoms with van der Waals surface area (Å²) in [7, 11) is 0. The molecule has 1 aromatic heterocycles. The maximum atomic E-state index is 12.3. The number of piperidine rings is 1. The fourth-order valence-electron chi connectivity index (χ4n) is 2.59. The van der Waals surface area contributed by atoms with E-state index in [1.165, 1.54) is 6.20 Å². The van der Waals surface area contributed by atoms with Gasteiger partial charge in [-0.2, -0.15) is 0 Å². The number of rotatable bonds is 4. The fraction of sp³-hybridized carbons (Fsp3) is 0.692. The number of nitrogens with zero attached hydrogens (tertiary/aromatic N) is 2. The van der Waals surface area contributed by atoms with Gasteiger partial charge in [-0.15, -0.1) is 0 Å². The van der Waals surface area contributed by atoms with E-state index in [1.54, 1.807) is 6.07 Å². The van der Waals surface area contributed by atoms with Gasteiger partial charge in [0.15, 0.2) is 0 Å². The Bertz CT molecular complexity index is 394. The van der Waals surface area contributed by atoms with Crippen molar-refractivity contribution in [1.29, 1.82) is 0 Å². The lowest BCUT2D eigenvalue weighted by Crippen LogP contribution is -2.40. The minimum Gasteiger partial charge on any atom is -0.351 e. The molecule has 0 aromatic carbocycles.